The number of hydrogen-bond acceptors (Lipinski definition) is 3. The number of nitrogens with one attached hydrogen (secondary N) is 2. The summed E-state index contributed by atoms with van der Waals surface area (Å²) in [5.41, 5.74) is 7.51. The van der Waals surface area contributed by atoms with Crippen LogP contribution in [0.5, 0.6) is 0 Å². The highest BCUT2D eigenvalue weighted by molar-refractivity contribution is 5.97. The molecule has 0 bridgehead atoms. The standard InChI is InChI=1S/C22H16FN5/c1-13-6-7-24-10-17(13)19-9-21(28-27-19)20-8-16-18(11-25-12-22(16)26-20)14-2-4-15(23)5-3-14/h2-12,26H,1H3,(H,27,28). The number of rotatable bonds is 3. The largest absolute Gasteiger partial charge is 0.352 e. The Morgan fingerprint density at radius 1 is 0.857 bits per heavy atom. The molecule has 0 aliphatic carbocycles. The third-order valence-corrected chi connectivity index (χ3v) is 4.88. The minimum absolute atomic E-state index is 0.255. The average molecular weight is 369 g/mol. The molecule has 1 aromatic carbocycles. The zero-order valence-electron chi connectivity index (χ0n) is 15.1. The van der Waals surface area contributed by atoms with Crippen molar-refractivity contribution in [1.82, 2.24) is 25.1 Å². The van der Waals surface area contributed by atoms with Crippen LogP contribution >= 0.6 is 0 Å². The van der Waals surface area contributed by atoms with Crippen molar-refractivity contribution in [2.45, 2.75) is 6.92 Å². The second-order valence-corrected chi connectivity index (χ2v) is 6.70. The van der Waals surface area contributed by atoms with Crippen LogP contribution in [0.1, 0.15) is 5.56 Å². The lowest BCUT2D eigenvalue weighted by atomic mass is 10.0. The van der Waals surface area contributed by atoms with Crippen molar-refractivity contribution in [3.8, 4) is 33.8 Å². The Hall–Kier alpha value is -3.80. The van der Waals surface area contributed by atoms with E-state index in [1.165, 1.54) is 12.1 Å². The lowest BCUT2D eigenvalue weighted by Crippen LogP contribution is -1.84. The van der Waals surface area contributed by atoms with E-state index in [2.05, 4.69) is 31.2 Å². The molecule has 2 N–H and O–H groups in total. The molecule has 0 unspecified atom stereocenters. The van der Waals surface area contributed by atoms with Crippen molar-refractivity contribution in [2.75, 3.05) is 0 Å². The third kappa shape index (κ3) is 2.75. The Morgan fingerprint density at radius 2 is 1.68 bits per heavy atom. The molecule has 0 amide bonds. The van der Waals surface area contributed by atoms with Crippen LogP contribution in [0.15, 0.2) is 67.3 Å². The maximum atomic E-state index is 13.3. The predicted molar refractivity (Wildman–Crippen MR) is 107 cm³/mol. The summed E-state index contributed by atoms with van der Waals surface area (Å²) >= 11 is 0. The van der Waals surface area contributed by atoms with Gasteiger partial charge in [-0.1, -0.05) is 12.1 Å². The fourth-order valence-corrected chi connectivity index (χ4v) is 3.39. The van der Waals surface area contributed by atoms with E-state index in [0.29, 0.717) is 0 Å². The minimum Gasteiger partial charge on any atom is -0.352 e. The molecule has 0 spiro atoms. The highest BCUT2D eigenvalue weighted by Gasteiger charge is 2.13. The number of aromatic amines is 2. The van der Waals surface area contributed by atoms with Gasteiger partial charge in [-0.25, -0.2) is 4.39 Å². The van der Waals surface area contributed by atoms with Crippen LogP contribution in [0.4, 0.5) is 4.39 Å². The van der Waals surface area contributed by atoms with Gasteiger partial charge in [0.1, 0.15) is 5.82 Å². The number of pyridine rings is 2. The number of aryl methyl sites for hydroxylation is 1. The first-order chi connectivity index (χ1) is 13.7. The van der Waals surface area contributed by atoms with Gasteiger partial charge < -0.3 is 4.98 Å². The number of fused-ring (bicyclic) bond motifs is 1. The van der Waals surface area contributed by atoms with Gasteiger partial charge >= 0.3 is 0 Å². The van der Waals surface area contributed by atoms with Crippen LogP contribution in [0.2, 0.25) is 0 Å². The van der Waals surface area contributed by atoms with Crippen LogP contribution < -0.4 is 0 Å². The number of halogens is 1. The van der Waals surface area contributed by atoms with Crippen LogP contribution in [0.3, 0.4) is 0 Å². The third-order valence-electron chi connectivity index (χ3n) is 4.88. The Bertz CT molecular complexity index is 1280. The van der Waals surface area contributed by atoms with Crippen molar-refractivity contribution in [3.63, 3.8) is 0 Å². The van der Waals surface area contributed by atoms with E-state index < -0.39 is 0 Å². The molecular formula is C22H16FN5. The number of benzene rings is 1. The van der Waals surface area contributed by atoms with Gasteiger partial charge in [-0.2, -0.15) is 5.10 Å². The molecule has 5 aromatic rings. The SMILES string of the molecule is Cc1ccncc1-c1cc(-c2cc3c(-c4ccc(F)cc4)cncc3[nH]2)[nH]n1. The van der Waals surface area contributed by atoms with Crippen molar-refractivity contribution in [2.24, 2.45) is 0 Å². The van der Waals surface area contributed by atoms with Gasteiger partial charge in [0, 0.05) is 35.1 Å². The number of hydrogen-bond donors (Lipinski definition) is 2. The first-order valence-electron chi connectivity index (χ1n) is 8.88. The summed E-state index contributed by atoms with van der Waals surface area (Å²) in [7, 11) is 0. The Balaban J connectivity index is 1.59. The molecule has 0 saturated carbocycles. The van der Waals surface area contributed by atoms with Gasteiger partial charge in [-0.05, 0) is 48.4 Å². The molecule has 0 aliphatic rings. The van der Waals surface area contributed by atoms with Gasteiger partial charge in [-0.3, -0.25) is 15.1 Å². The normalized spacial score (nSPS) is 11.2. The van der Waals surface area contributed by atoms with Crippen LogP contribution in [0.25, 0.3) is 44.7 Å². The Morgan fingerprint density at radius 3 is 2.50 bits per heavy atom. The molecule has 4 heterocycles. The van der Waals surface area contributed by atoms with Crippen molar-refractivity contribution in [3.05, 3.63) is 78.6 Å². The summed E-state index contributed by atoms with van der Waals surface area (Å²) in [4.78, 5) is 11.9. The summed E-state index contributed by atoms with van der Waals surface area (Å²) in [5.74, 6) is -0.255. The lowest BCUT2D eigenvalue weighted by molar-refractivity contribution is 0.628. The zero-order valence-corrected chi connectivity index (χ0v) is 15.1. The van der Waals surface area contributed by atoms with Crippen molar-refractivity contribution >= 4 is 10.9 Å². The summed E-state index contributed by atoms with van der Waals surface area (Å²) < 4.78 is 13.3. The molecule has 0 radical (unpaired) electrons. The predicted octanol–water partition coefficient (Wildman–Crippen LogP) is 5.13. The van der Waals surface area contributed by atoms with Gasteiger partial charge in [-0.15, -0.1) is 0 Å². The number of aromatic nitrogens is 5. The van der Waals surface area contributed by atoms with Crippen LogP contribution in [0, 0.1) is 12.7 Å². The fourth-order valence-electron chi connectivity index (χ4n) is 3.39. The molecular weight excluding hydrogens is 353 g/mol. The maximum absolute atomic E-state index is 13.3. The molecule has 5 nitrogen and oxygen atoms in total. The molecule has 28 heavy (non-hydrogen) atoms. The highest BCUT2D eigenvalue weighted by Crippen LogP contribution is 2.32. The quantitative estimate of drug-likeness (QED) is 0.463. The zero-order chi connectivity index (χ0) is 19.1. The monoisotopic (exact) mass is 369 g/mol. The summed E-state index contributed by atoms with van der Waals surface area (Å²) in [6.07, 6.45) is 7.17. The highest BCUT2D eigenvalue weighted by atomic mass is 19.1. The molecule has 0 saturated heterocycles. The molecule has 0 fully saturated rings. The van der Waals surface area contributed by atoms with E-state index in [1.807, 2.05) is 25.3 Å². The van der Waals surface area contributed by atoms with Gasteiger partial charge in [0.15, 0.2) is 0 Å². The topological polar surface area (TPSA) is 70.2 Å². The van der Waals surface area contributed by atoms with E-state index in [1.54, 1.807) is 30.7 Å². The van der Waals surface area contributed by atoms with E-state index in [-0.39, 0.29) is 5.82 Å². The number of nitrogens with zero attached hydrogens (tertiary/aromatic N) is 3. The summed E-state index contributed by atoms with van der Waals surface area (Å²) in [5, 5.41) is 8.56. The fraction of sp³-hybridized carbons (Fsp3) is 0.0455. The molecule has 0 aliphatic heterocycles. The average Bonchev–Trinajstić information content (AvgIpc) is 3.36. The van der Waals surface area contributed by atoms with Gasteiger partial charge in [0.05, 0.1) is 28.8 Å². The maximum Gasteiger partial charge on any atom is 0.123 e. The molecule has 136 valence electrons. The lowest BCUT2D eigenvalue weighted by Gasteiger charge is -2.02. The van der Waals surface area contributed by atoms with E-state index in [0.717, 1.165) is 50.2 Å². The molecule has 0 atom stereocenters. The minimum atomic E-state index is -0.255. The van der Waals surface area contributed by atoms with Gasteiger partial charge in [0.25, 0.3) is 0 Å². The summed E-state index contributed by atoms with van der Waals surface area (Å²) in [6.45, 7) is 2.04. The number of H-pyrrole nitrogens is 2. The second-order valence-electron chi connectivity index (χ2n) is 6.70. The van der Waals surface area contributed by atoms with Crippen molar-refractivity contribution in [1.29, 1.82) is 0 Å². The molecule has 6 heteroatoms. The smallest absolute Gasteiger partial charge is 0.123 e. The van der Waals surface area contributed by atoms with E-state index in [4.69, 9.17) is 0 Å². The van der Waals surface area contributed by atoms with Gasteiger partial charge in [0.2, 0.25) is 0 Å². The second kappa shape index (κ2) is 6.42. The first kappa shape index (κ1) is 16.4. The first-order valence-corrected chi connectivity index (χ1v) is 8.88. The molecule has 5 rings (SSSR count). The Labute approximate surface area is 160 Å². The van der Waals surface area contributed by atoms with Crippen molar-refractivity contribution < 1.29 is 4.39 Å². The Kier molecular flexibility index (Phi) is 3.76. The molecule has 4 aromatic heterocycles. The van der Waals surface area contributed by atoms with E-state index in [9.17, 15) is 4.39 Å². The van der Waals surface area contributed by atoms with Crippen LogP contribution in [-0.2, 0) is 0 Å². The summed E-state index contributed by atoms with van der Waals surface area (Å²) in [6, 6.07) is 12.5. The van der Waals surface area contributed by atoms with Crippen LogP contribution in [-0.4, -0.2) is 25.1 Å². The van der Waals surface area contributed by atoms with E-state index >= 15 is 0 Å².